The van der Waals surface area contributed by atoms with Crippen molar-refractivity contribution in [3.63, 3.8) is 0 Å². The topological polar surface area (TPSA) is 75.8 Å². The van der Waals surface area contributed by atoms with Gasteiger partial charge in [-0.2, -0.15) is 10.4 Å². The Balaban J connectivity index is 1.92. The SMILES string of the molecule is COCCn1ncc2c1[C@H](Nc1ncc(Cl)c(C)c1C#N)CCC2. The second-order valence-corrected chi connectivity index (χ2v) is 6.33. The van der Waals surface area contributed by atoms with Crippen molar-refractivity contribution in [1.82, 2.24) is 14.8 Å². The molecule has 0 aromatic carbocycles. The molecule has 126 valence electrons. The molecule has 0 spiro atoms. The van der Waals surface area contributed by atoms with Crippen LogP contribution in [0.25, 0.3) is 0 Å². The number of rotatable bonds is 5. The van der Waals surface area contributed by atoms with Crippen LogP contribution < -0.4 is 5.32 Å². The van der Waals surface area contributed by atoms with Gasteiger partial charge in [-0.3, -0.25) is 4.68 Å². The second-order valence-electron chi connectivity index (χ2n) is 5.93. The van der Waals surface area contributed by atoms with Gasteiger partial charge in [-0.1, -0.05) is 11.6 Å². The molecule has 3 rings (SSSR count). The molecule has 0 amide bonds. The van der Waals surface area contributed by atoms with Crippen molar-refractivity contribution in [2.24, 2.45) is 0 Å². The van der Waals surface area contributed by atoms with Gasteiger partial charge in [-0.15, -0.1) is 0 Å². The van der Waals surface area contributed by atoms with Crippen LogP contribution in [-0.4, -0.2) is 28.5 Å². The largest absolute Gasteiger partial charge is 0.383 e. The molecule has 0 saturated carbocycles. The van der Waals surface area contributed by atoms with Gasteiger partial charge in [0.25, 0.3) is 0 Å². The smallest absolute Gasteiger partial charge is 0.144 e. The van der Waals surface area contributed by atoms with Gasteiger partial charge in [0.1, 0.15) is 11.9 Å². The molecule has 6 nitrogen and oxygen atoms in total. The average Bonchev–Trinajstić information content (AvgIpc) is 3.01. The van der Waals surface area contributed by atoms with E-state index in [0.29, 0.717) is 29.6 Å². The fourth-order valence-corrected chi connectivity index (χ4v) is 3.29. The number of pyridine rings is 1. The molecule has 0 aliphatic heterocycles. The molecule has 1 aliphatic rings. The summed E-state index contributed by atoms with van der Waals surface area (Å²) in [7, 11) is 1.69. The zero-order chi connectivity index (χ0) is 17.1. The van der Waals surface area contributed by atoms with Crippen LogP contribution in [0.4, 0.5) is 5.82 Å². The highest BCUT2D eigenvalue weighted by molar-refractivity contribution is 6.31. The Bertz CT molecular complexity index is 780. The highest BCUT2D eigenvalue weighted by Gasteiger charge is 2.26. The molecular formula is C17H20ClN5O. The van der Waals surface area contributed by atoms with Crippen molar-refractivity contribution in [2.45, 2.75) is 38.8 Å². The molecule has 0 fully saturated rings. The molecular weight excluding hydrogens is 326 g/mol. The maximum Gasteiger partial charge on any atom is 0.144 e. The number of ether oxygens (including phenoxy) is 1. The zero-order valence-electron chi connectivity index (χ0n) is 13.8. The van der Waals surface area contributed by atoms with Crippen molar-refractivity contribution < 1.29 is 4.74 Å². The molecule has 1 atom stereocenters. The fourth-order valence-electron chi connectivity index (χ4n) is 3.15. The highest BCUT2D eigenvalue weighted by atomic mass is 35.5. The standard InChI is InChI=1S/C17H20ClN5O/c1-11-13(8-19)17(20-10-14(11)18)22-15-5-3-4-12-9-21-23(16(12)15)6-7-24-2/h9-10,15H,3-7H2,1-2H3,(H,20,22)/t15-/m1/s1. The number of halogens is 1. The van der Waals surface area contributed by atoms with E-state index in [1.165, 1.54) is 5.56 Å². The zero-order valence-corrected chi connectivity index (χ0v) is 14.6. The molecule has 24 heavy (non-hydrogen) atoms. The van der Waals surface area contributed by atoms with E-state index < -0.39 is 0 Å². The van der Waals surface area contributed by atoms with Crippen molar-refractivity contribution in [1.29, 1.82) is 5.26 Å². The van der Waals surface area contributed by atoms with E-state index in [9.17, 15) is 5.26 Å². The Kier molecular flexibility index (Phi) is 5.03. The number of nitriles is 1. The number of fused-ring (bicyclic) bond motifs is 1. The van der Waals surface area contributed by atoms with Crippen molar-refractivity contribution in [2.75, 3.05) is 19.0 Å². The molecule has 1 N–H and O–H groups in total. The van der Waals surface area contributed by atoms with Gasteiger partial charge in [-0.25, -0.2) is 4.98 Å². The summed E-state index contributed by atoms with van der Waals surface area (Å²) in [6, 6.07) is 2.29. The van der Waals surface area contributed by atoms with Crippen LogP contribution >= 0.6 is 11.6 Å². The number of nitrogens with zero attached hydrogens (tertiary/aromatic N) is 4. The molecule has 2 heterocycles. The fraction of sp³-hybridized carbons (Fsp3) is 0.471. The van der Waals surface area contributed by atoms with E-state index in [-0.39, 0.29) is 6.04 Å². The number of hydrogen-bond acceptors (Lipinski definition) is 5. The van der Waals surface area contributed by atoms with E-state index in [4.69, 9.17) is 16.3 Å². The van der Waals surface area contributed by atoms with Gasteiger partial charge in [0.2, 0.25) is 0 Å². The third kappa shape index (κ3) is 3.10. The van der Waals surface area contributed by atoms with E-state index in [1.807, 2.05) is 17.8 Å². The Hall–Kier alpha value is -2.10. The first-order valence-electron chi connectivity index (χ1n) is 8.01. The van der Waals surface area contributed by atoms with Crippen LogP contribution in [-0.2, 0) is 17.7 Å². The summed E-state index contributed by atoms with van der Waals surface area (Å²) in [6.45, 7) is 3.16. The van der Waals surface area contributed by atoms with Gasteiger partial charge in [0.15, 0.2) is 0 Å². The van der Waals surface area contributed by atoms with Crippen molar-refractivity contribution >= 4 is 17.4 Å². The van der Waals surface area contributed by atoms with Crippen LogP contribution in [0, 0.1) is 18.3 Å². The first-order valence-corrected chi connectivity index (χ1v) is 8.38. The maximum absolute atomic E-state index is 9.46. The van der Waals surface area contributed by atoms with E-state index in [2.05, 4.69) is 21.5 Å². The van der Waals surface area contributed by atoms with Gasteiger partial charge in [-0.05, 0) is 37.3 Å². The Morgan fingerprint density at radius 2 is 2.33 bits per heavy atom. The van der Waals surface area contributed by atoms with Gasteiger partial charge in [0, 0.05) is 13.3 Å². The Morgan fingerprint density at radius 3 is 3.08 bits per heavy atom. The van der Waals surface area contributed by atoms with Crippen LogP contribution in [0.2, 0.25) is 5.02 Å². The number of methoxy groups -OCH3 is 1. The number of aryl methyl sites for hydroxylation is 1. The average molecular weight is 346 g/mol. The first-order chi connectivity index (χ1) is 11.7. The third-order valence-corrected chi connectivity index (χ3v) is 4.82. The quantitative estimate of drug-likeness (QED) is 0.900. The lowest BCUT2D eigenvalue weighted by Crippen LogP contribution is -2.23. The highest BCUT2D eigenvalue weighted by Crippen LogP contribution is 2.34. The second kappa shape index (κ2) is 7.20. The molecule has 2 aromatic rings. The normalized spacial score (nSPS) is 16.5. The third-order valence-electron chi connectivity index (χ3n) is 4.44. The van der Waals surface area contributed by atoms with Crippen LogP contribution in [0.15, 0.2) is 12.4 Å². The predicted molar refractivity (Wildman–Crippen MR) is 92.1 cm³/mol. The summed E-state index contributed by atoms with van der Waals surface area (Å²) in [6.07, 6.45) is 6.60. The molecule has 1 aliphatic carbocycles. The monoisotopic (exact) mass is 345 g/mol. The summed E-state index contributed by atoms with van der Waals surface area (Å²) in [5.74, 6) is 0.580. The lowest BCUT2D eigenvalue weighted by atomic mass is 9.93. The summed E-state index contributed by atoms with van der Waals surface area (Å²) in [4.78, 5) is 4.33. The summed E-state index contributed by atoms with van der Waals surface area (Å²) in [5, 5.41) is 17.9. The van der Waals surface area contributed by atoms with Crippen molar-refractivity contribution in [3.05, 3.63) is 39.8 Å². The lowest BCUT2D eigenvalue weighted by molar-refractivity contribution is 0.182. The number of nitrogens with one attached hydrogen (secondary N) is 1. The number of hydrogen-bond donors (Lipinski definition) is 1. The van der Waals surface area contributed by atoms with Gasteiger partial charge >= 0.3 is 0 Å². The van der Waals surface area contributed by atoms with Crippen LogP contribution in [0.5, 0.6) is 0 Å². The molecule has 0 radical (unpaired) electrons. The van der Waals surface area contributed by atoms with E-state index in [0.717, 1.165) is 30.5 Å². The van der Waals surface area contributed by atoms with Gasteiger partial charge in [0.05, 0.1) is 41.7 Å². The first kappa shape index (κ1) is 16.7. The molecule has 0 bridgehead atoms. The van der Waals surface area contributed by atoms with Crippen molar-refractivity contribution in [3.8, 4) is 6.07 Å². The maximum atomic E-state index is 9.46. The summed E-state index contributed by atoms with van der Waals surface area (Å²) < 4.78 is 7.16. The number of aromatic nitrogens is 3. The van der Waals surface area contributed by atoms with E-state index >= 15 is 0 Å². The molecule has 7 heteroatoms. The molecule has 2 aromatic heterocycles. The summed E-state index contributed by atoms with van der Waals surface area (Å²) in [5.41, 5.74) is 3.66. The van der Waals surface area contributed by atoms with Gasteiger partial charge < -0.3 is 10.1 Å². The van der Waals surface area contributed by atoms with Crippen LogP contribution in [0.3, 0.4) is 0 Å². The minimum Gasteiger partial charge on any atom is -0.383 e. The van der Waals surface area contributed by atoms with E-state index in [1.54, 1.807) is 13.3 Å². The lowest BCUT2D eigenvalue weighted by Gasteiger charge is -2.26. The summed E-state index contributed by atoms with van der Waals surface area (Å²) >= 11 is 6.08. The molecule has 0 unspecified atom stereocenters. The van der Waals surface area contributed by atoms with Crippen LogP contribution in [0.1, 0.15) is 41.3 Å². The predicted octanol–water partition coefficient (Wildman–Crippen LogP) is 3.25. The number of anilines is 1. The molecule has 0 saturated heterocycles. The Morgan fingerprint density at radius 1 is 1.50 bits per heavy atom. The minimum atomic E-state index is 0.0771. The minimum absolute atomic E-state index is 0.0771. The Labute approximate surface area is 146 Å².